The number of carbonyl (C=O) groups is 1. The maximum absolute atomic E-state index is 11.2. The van der Waals surface area contributed by atoms with Crippen LogP contribution in [0, 0.1) is 0 Å². The molecule has 8 nitrogen and oxygen atoms in total. The second-order valence-corrected chi connectivity index (χ2v) is 10.4. The molecule has 0 radical (unpaired) electrons. The predicted molar refractivity (Wildman–Crippen MR) is 54.9 cm³/mol. The number of aliphatic carboxylic acids is 1. The molecule has 0 aromatic heterocycles. The molecular weight excluding hydrogens is 284 g/mol. The van der Waals surface area contributed by atoms with Crippen molar-refractivity contribution in [1.29, 1.82) is 0 Å². The fourth-order valence-corrected chi connectivity index (χ4v) is 8.85. The zero-order valence-electron chi connectivity index (χ0n) is 8.53. The lowest BCUT2D eigenvalue weighted by Gasteiger charge is -2.23. The maximum atomic E-state index is 11.2. The maximum Gasteiger partial charge on any atom is 0.365 e. The summed E-state index contributed by atoms with van der Waals surface area (Å²) in [5.41, 5.74) is 0. The Labute approximate surface area is 93.0 Å². The average Bonchev–Trinajstić information content (AvgIpc) is 1.71. The third kappa shape index (κ3) is 1.94. The van der Waals surface area contributed by atoms with E-state index in [0.29, 0.717) is 0 Å². The Morgan fingerprint density at radius 3 is 1.00 bits per heavy atom. The fourth-order valence-electron chi connectivity index (χ4n) is 1.30. The quantitative estimate of drug-likeness (QED) is 0.619. The lowest BCUT2D eigenvalue weighted by molar-refractivity contribution is -0.135. The molecule has 0 saturated carbocycles. The summed E-state index contributed by atoms with van der Waals surface area (Å²) in [5, 5.41) is 8.69. The minimum absolute atomic E-state index is 0.239. The molecule has 0 rings (SSSR count). The summed E-state index contributed by atoms with van der Waals surface area (Å²) in [4.78, 5) is 10.8. The third-order valence-electron chi connectivity index (χ3n) is 1.73. The summed E-state index contributed by atoms with van der Waals surface area (Å²) < 4.78 is 63.6. The molecule has 0 aromatic carbocycles. The molecule has 0 aliphatic rings. The first-order valence-corrected chi connectivity index (χ1v) is 9.19. The summed E-state index contributed by atoms with van der Waals surface area (Å²) in [6, 6.07) is 0. The molecular formula is C5H10O8S3. The van der Waals surface area contributed by atoms with Crippen LogP contribution in [0.25, 0.3) is 0 Å². The molecule has 0 spiro atoms. The van der Waals surface area contributed by atoms with Crippen molar-refractivity contribution in [1.82, 2.24) is 0 Å². The zero-order valence-corrected chi connectivity index (χ0v) is 11.0. The van der Waals surface area contributed by atoms with E-state index < -0.39 is 38.9 Å². The summed E-state index contributed by atoms with van der Waals surface area (Å²) >= 11 is 0. The Hall–Kier alpha value is -0.680. The molecule has 0 saturated heterocycles. The lowest BCUT2D eigenvalue weighted by atomic mass is 10.8. The molecule has 0 atom stereocenters. The van der Waals surface area contributed by atoms with Crippen LogP contribution in [0.2, 0.25) is 0 Å². The van der Waals surface area contributed by atoms with Gasteiger partial charge in [-0.25, -0.2) is 30.0 Å². The van der Waals surface area contributed by atoms with Crippen LogP contribution in [-0.4, -0.2) is 58.5 Å². The highest BCUT2D eigenvalue weighted by Gasteiger charge is 2.66. The van der Waals surface area contributed by atoms with Crippen LogP contribution in [0.15, 0.2) is 0 Å². The van der Waals surface area contributed by atoms with Gasteiger partial charge in [0.05, 0.1) is 0 Å². The first-order chi connectivity index (χ1) is 6.69. The third-order valence-corrected chi connectivity index (χ3v) is 10.6. The second kappa shape index (κ2) is 3.67. The van der Waals surface area contributed by atoms with Crippen LogP contribution in [0.3, 0.4) is 0 Å². The molecule has 1 N–H and O–H groups in total. The highest BCUT2D eigenvalue weighted by atomic mass is 32.3. The zero-order chi connectivity index (χ0) is 13.6. The van der Waals surface area contributed by atoms with Gasteiger partial charge in [0.25, 0.3) is 0 Å². The highest BCUT2D eigenvalue weighted by Crippen LogP contribution is 2.30. The number of hydrogen-bond donors (Lipinski definition) is 1. The Morgan fingerprint density at radius 1 is 0.812 bits per heavy atom. The van der Waals surface area contributed by atoms with Crippen molar-refractivity contribution in [3.05, 3.63) is 0 Å². The minimum atomic E-state index is -4.92. The van der Waals surface area contributed by atoms with Crippen molar-refractivity contribution in [2.75, 3.05) is 18.8 Å². The van der Waals surface area contributed by atoms with E-state index >= 15 is 0 Å². The topological polar surface area (TPSA) is 140 Å². The summed E-state index contributed by atoms with van der Waals surface area (Å²) in [6.07, 6.45) is 0.718. The first kappa shape index (κ1) is 15.3. The normalized spacial score (nSPS) is 14.7. The number of rotatable bonds is 4. The van der Waals surface area contributed by atoms with E-state index in [4.69, 9.17) is 5.11 Å². The van der Waals surface area contributed by atoms with Crippen molar-refractivity contribution in [2.24, 2.45) is 0 Å². The van der Waals surface area contributed by atoms with Crippen LogP contribution in [0.1, 0.15) is 0 Å². The van der Waals surface area contributed by atoms with Crippen molar-refractivity contribution >= 4 is 35.5 Å². The van der Waals surface area contributed by atoms with Gasteiger partial charge in [-0.2, -0.15) is 0 Å². The molecule has 0 amide bonds. The van der Waals surface area contributed by atoms with Gasteiger partial charge < -0.3 is 5.11 Å². The lowest BCUT2D eigenvalue weighted by Crippen LogP contribution is -2.57. The van der Waals surface area contributed by atoms with Gasteiger partial charge in [0.1, 0.15) is 0 Å². The minimum Gasteiger partial charge on any atom is -0.479 e. The standard InChI is InChI=1S/C5H10O8S3/c1-14(8,9)5(4(6)7,15(2,10)11)16(3,12)13/h1-3H3,(H,6,7). The summed E-state index contributed by atoms with van der Waals surface area (Å²) in [5.74, 6) is -2.46. The van der Waals surface area contributed by atoms with Crippen molar-refractivity contribution < 1.29 is 35.2 Å². The van der Waals surface area contributed by atoms with Crippen molar-refractivity contribution in [3.63, 3.8) is 0 Å². The van der Waals surface area contributed by atoms with Crippen LogP contribution >= 0.6 is 0 Å². The largest absolute Gasteiger partial charge is 0.479 e. The van der Waals surface area contributed by atoms with Gasteiger partial charge in [0.2, 0.25) is 0 Å². The molecule has 0 aromatic rings. The van der Waals surface area contributed by atoms with Crippen molar-refractivity contribution in [3.8, 4) is 0 Å². The van der Waals surface area contributed by atoms with E-state index in [1.165, 1.54) is 0 Å². The van der Waals surface area contributed by atoms with E-state index in [9.17, 15) is 30.0 Å². The van der Waals surface area contributed by atoms with E-state index in [0.717, 1.165) is 0 Å². The van der Waals surface area contributed by atoms with Crippen LogP contribution < -0.4 is 0 Å². The smallest absolute Gasteiger partial charge is 0.365 e. The van der Waals surface area contributed by atoms with Crippen LogP contribution in [0.5, 0.6) is 0 Å². The number of sulfone groups is 3. The SMILES string of the molecule is CS(=O)(=O)C(C(=O)O)(S(C)(=O)=O)S(C)(=O)=O. The summed E-state index contributed by atoms with van der Waals surface area (Å²) in [7, 11) is -14.7. The highest BCUT2D eigenvalue weighted by molar-refractivity contribution is 8.26. The monoisotopic (exact) mass is 294 g/mol. The van der Waals surface area contributed by atoms with E-state index in [-0.39, 0.29) is 18.8 Å². The fraction of sp³-hybridized carbons (Fsp3) is 0.800. The predicted octanol–water partition coefficient (Wildman–Crippen LogP) is -2.14. The number of hydrogen-bond acceptors (Lipinski definition) is 7. The number of carboxylic acids is 1. The van der Waals surface area contributed by atoms with Gasteiger partial charge in [-0.15, -0.1) is 0 Å². The van der Waals surface area contributed by atoms with E-state index in [1.54, 1.807) is 0 Å². The molecule has 16 heavy (non-hydrogen) atoms. The second-order valence-electron chi connectivity index (χ2n) is 3.18. The molecule has 0 aliphatic heterocycles. The van der Waals surface area contributed by atoms with Gasteiger partial charge >= 0.3 is 9.38 Å². The summed E-state index contributed by atoms with van der Waals surface area (Å²) in [6.45, 7) is 0. The van der Waals surface area contributed by atoms with E-state index in [1.807, 2.05) is 0 Å². The van der Waals surface area contributed by atoms with Crippen molar-refractivity contribution in [2.45, 2.75) is 3.41 Å². The molecule has 0 heterocycles. The Kier molecular flexibility index (Phi) is 3.51. The Balaban J connectivity index is 6.96. The van der Waals surface area contributed by atoms with Gasteiger partial charge in [0, 0.05) is 18.8 Å². The van der Waals surface area contributed by atoms with Gasteiger partial charge in [-0.1, -0.05) is 0 Å². The van der Waals surface area contributed by atoms with Gasteiger partial charge in [-0.05, 0) is 0 Å². The molecule has 0 fully saturated rings. The first-order valence-electron chi connectivity index (χ1n) is 3.51. The molecule has 0 unspecified atom stereocenters. The average molecular weight is 294 g/mol. The van der Waals surface area contributed by atoms with Gasteiger partial charge in [0.15, 0.2) is 29.5 Å². The molecule has 0 bridgehead atoms. The van der Waals surface area contributed by atoms with Crippen LogP contribution in [0.4, 0.5) is 0 Å². The van der Waals surface area contributed by atoms with E-state index in [2.05, 4.69) is 0 Å². The van der Waals surface area contributed by atoms with Crippen LogP contribution in [-0.2, 0) is 34.3 Å². The Bertz CT molecular complexity index is 526. The number of carboxylic acid groups (broad SMARTS) is 1. The van der Waals surface area contributed by atoms with Gasteiger partial charge in [-0.3, -0.25) is 0 Å². The Morgan fingerprint density at radius 2 is 1.00 bits per heavy atom. The molecule has 11 heteroatoms. The molecule has 96 valence electrons. The molecule has 0 aliphatic carbocycles.